The summed E-state index contributed by atoms with van der Waals surface area (Å²) in [6, 6.07) is 10.7. The van der Waals surface area contributed by atoms with Gasteiger partial charge in [0.15, 0.2) is 17.1 Å². The monoisotopic (exact) mass is 472 g/mol. The molecule has 0 spiro atoms. The average molecular weight is 473 g/mol. The number of carbonyl (C=O) groups is 2. The number of amides is 2. The molecule has 0 fully saturated rings. The summed E-state index contributed by atoms with van der Waals surface area (Å²) in [4.78, 5) is 34.3. The van der Waals surface area contributed by atoms with E-state index in [1.165, 1.54) is 6.20 Å². The molecular formula is C25H24N6O4. The lowest BCUT2D eigenvalue weighted by Crippen LogP contribution is -2.33. The first-order chi connectivity index (χ1) is 17.0. The summed E-state index contributed by atoms with van der Waals surface area (Å²) in [5.74, 6) is 0.541. The van der Waals surface area contributed by atoms with Gasteiger partial charge in [-0.05, 0) is 50.2 Å². The fourth-order valence-corrected chi connectivity index (χ4v) is 3.83. The molecule has 178 valence electrons. The van der Waals surface area contributed by atoms with Crippen LogP contribution < -0.4 is 20.1 Å². The van der Waals surface area contributed by atoms with Crippen LogP contribution in [0.3, 0.4) is 0 Å². The number of benzene rings is 1. The van der Waals surface area contributed by atoms with Gasteiger partial charge >= 0.3 is 0 Å². The van der Waals surface area contributed by atoms with E-state index in [0.29, 0.717) is 52.7 Å². The first-order valence-electron chi connectivity index (χ1n) is 11.3. The Balaban J connectivity index is 1.46. The molecule has 0 radical (unpaired) electrons. The van der Waals surface area contributed by atoms with Crippen LogP contribution >= 0.6 is 0 Å². The molecule has 3 aromatic heterocycles. The molecule has 0 unspecified atom stereocenters. The maximum Gasteiger partial charge on any atom is 0.252 e. The zero-order valence-corrected chi connectivity index (χ0v) is 19.3. The number of hydrogen-bond acceptors (Lipinski definition) is 7. The van der Waals surface area contributed by atoms with Crippen molar-refractivity contribution in [2.45, 2.75) is 19.9 Å². The highest BCUT2D eigenvalue weighted by Gasteiger charge is 2.20. The molecule has 5 rings (SSSR count). The Hall–Kier alpha value is -4.47. The number of nitrogens with zero attached hydrogens (tertiary/aromatic N) is 4. The van der Waals surface area contributed by atoms with Crippen molar-refractivity contribution in [1.29, 1.82) is 0 Å². The van der Waals surface area contributed by atoms with E-state index in [1.54, 1.807) is 35.3 Å². The highest BCUT2D eigenvalue weighted by atomic mass is 16.6. The molecule has 0 saturated heterocycles. The Morgan fingerprint density at radius 3 is 2.69 bits per heavy atom. The standard InChI is InChI=1S/C25H24N6O4/c1-15(2)31-24-19(13-28-31)18(25(33)27-14-23(32)29-17-4-3-7-26-12-17)11-20(30-24)16-5-6-21-22(10-16)35-9-8-34-21/h3-7,10-13,15H,8-9,14H2,1-2H3,(H,27,33)(H,29,32). The summed E-state index contributed by atoms with van der Waals surface area (Å²) in [5.41, 5.74) is 2.87. The summed E-state index contributed by atoms with van der Waals surface area (Å²) >= 11 is 0. The summed E-state index contributed by atoms with van der Waals surface area (Å²) in [7, 11) is 0. The number of aromatic nitrogens is 4. The molecule has 0 saturated carbocycles. The summed E-state index contributed by atoms with van der Waals surface area (Å²) < 4.78 is 13.1. The highest BCUT2D eigenvalue weighted by Crippen LogP contribution is 2.35. The summed E-state index contributed by atoms with van der Waals surface area (Å²) in [5, 5.41) is 10.4. The second-order valence-corrected chi connectivity index (χ2v) is 8.31. The predicted molar refractivity (Wildman–Crippen MR) is 130 cm³/mol. The van der Waals surface area contributed by atoms with E-state index in [1.807, 2.05) is 32.0 Å². The number of fused-ring (bicyclic) bond motifs is 2. The van der Waals surface area contributed by atoms with Gasteiger partial charge in [-0.2, -0.15) is 5.10 Å². The second kappa shape index (κ2) is 9.41. The molecule has 1 aliphatic heterocycles. The maximum absolute atomic E-state index is 13.2. The fourth-order valence-electron chi connectivity index (χ4n) is 3.83. The molecule has 10 heteroatoms. The Morgan fingerprint density at radius 1 is 1.09 bits per heavy atom. The van der Waals surface area contributed by atoms with E-state index >= 15 is 0 Å². The van der Waals surface area contributed by atoms with Crippen molar-refractivity contribution >= 4 is 28.5 Å². The van der Waals surface area contributed by atoms with Crippen molar-refractivity contribution in [1.82, 2.24) is 25.1 Å². The fraction of sp³-hybridized carbons (Fsp3) is 0.240. The third-order valence-corrected chi connectivity index (χ3v) is 5.49. The predicted octanol–water partition coefficient (Wildman–Crippen LogP) is 3.21. The molecule has 35 heavy (non-hydrogen) atoms. The average Bonchev–Trinajstić information content (AvgIpc) is 3.31. The maximum atomic E-state index is 13.2. The number of rotatable bonds is 6. The molecule has 0 bridgehead atoms. The van der Waals surface area contributed by atoms with Gasteiger partial charge in [0.25, 0.3) is 5.91 Å². The van der Waals surface area contributed by atoms with Crippen LogP contribution in [0.4, 0.5) is 5.69 Å². The van der Waals surface area contributed by atoms with Gasteiger partial charge in [0.2, 0.25) is 5.91 Å². The second-order valence-electron chi connectivity index (χ2n) is 8.31. The van der Waals surface area contributed by atoms with Crippen LogP contribution in [-0.2, 0) is 4.79 Å². The zero-order chi connectivity index (χ0) is 24.4. The van der Waals surface area contributed by atoms with E-state index < -0.39 is 5.91 Å². The van der Waals surface area contributed by atoms with Gasteiger partial charge in [-0.15, -0.1) is 0 Å². The van der Waals surface area contributed by atoms with Crippen LogP contribution in [0, 0.1) is 0 Å². The van der Waals surface area contributed by atoms with Gasteiger partial charge in [-0.3, -0.25) is 14.6 Å². The lowest BCUT2D eigenvalue weighted by molar-refractivity contribution is -0.115. The molecule has 1 aliphatic rings. The van der Waals surface area contributed by atoms with Gasteiger partial charge in [0.05, 0.1) is 41.3 Å². The van der Waals surface area contributed by atoms with Crippen LogP contribution in [0.2, 0.25) is 0 Å². The number of hydrogen-bond donors (Lipinski definition) is 2. The van der Waals surface area contributed by atoms with Crippen molar-refractivity contribution in [3.8, 4) is 22.8 Å². The topological polar surface area (TPSA) is 120 Å². The first-order valence-corrected chi connectivity index (χ1v) is 11.3. The van der Waals surface area contributed by atoms with Gasteiger partial charge in [-0.1, -0.05) is 0 Å². The van der Waals surface area contributed by atoms with E-state index in [2.05, 4.69) is 20.7 Å². The van der Waals surface area contributed by atoms with E-state index in [9.17, 15) is 9.59 Å². The number of carbonyl (C=O) groups excluding carboxylic acids is 2. The molecule has 0 atom stereocenters. The van der Waals surface area contributed by atoms with Crippen molar-refractivity contribution < 1.29 is 19.1 Å². The molecule has 10 nitrogen and oxygen atoms in total. The Morgan fingerprint density at radius 2 is 1.91 bits per heavy atom. The normalized spacial score (nSPS) is 12.5. The third kappa shape index (κ3) is 4.63. The minimum absolute atomic E-state index is 0.0386. The van der Waals surface area contributed by atoms with Crippen LogP contribution in [0.25, 0.3) is 22.3 Å². The Bertz CT molecular complexity index is 1400. The number of anilines is 1. The Labute approximate surface area is 201 Å². The minimum atomic E-state index is -0.402. The van der Waals surface area contributed by atoms with E-state index in [4.69, 9.17) is 14.5 Å². The highest BCUT2D eigenvalue weighted by molar-refractivity contribution is 6.08. The third-order valence-electron chi connectivity index (χ3n) is 5.49. The summed E-state index contributed by atoms with van der Waals surface area (Å²) in [6.07, 6.45) is 4.77. The molecular weight excluding hydrogens is 448 g/mol. The van der Waals surface area contributed by atoms with Crippen molar-refractivity contribution in [2.24, 2.45) is 0 Å². The molecule has 1 aromatic carbocycles. The number of ether oxygens (including phenoxy) is 2. The molecule has 4 heterocycles. The van der Waals surface area contributed by atoms with E-state index in [-0.39, 0.29) is 18.5 Å². The molecule has 0 aliphatic carbocycles. The van der Waals surface area contributed by atoms with E-state index in [0.717, 1.165) is 5.56 Å². The lowest BCUT2D eigenvalue weighted by atomic mass is 10.1. The van der Waals surface area contributed by atoms with Gasteiger partial charge in [0.1, 0.15) is 13.2 Å². The van der Waals surface area contributed by atoms with Crippen LogP contribution in [0.15, 0.2) is 55.0 Å². The quantitative estimate of drug-likeness (QED) is 0.442. The first kappa shape index (κ1) is 22.3. The van der Waals surface area contributed by atoms with Gasteiger partial charge < -0.3 is 20.1 Å². The molecule has 2 amide bonds. The van der Waals surface area contributed by atoms with Crippen LogP contribution in [0.1, 0.15) is 30.2 Å². The number of nitrogens with one attached hydrogen (secondary N) is 2. The van der Waals surface area contributed by atoms with Crippen molar-refractivity contribution in [3.05, 3.63) is 60.6 Å². The van der Waals surface area contributed by atoms with Crippen LogP contribution in [0.5, 0.6) is 11.5 Å². The molecule has 4 aromatic rings. The largest absolute Gasteiger partial charge is 0.486 e. The smallest absolute Gasteiger partial charge is 0.252 e. The van der Waals surface area contributed by atoms with Crippen LogP contribution in [-0.4, -0.2) is 51.3 Å². The Kier molecular flexibility index (Phi) is 6.01. The van der Waals surface area contributed by atoms with Gasteiger partial charge in [-0.25, -0.2) is 9.67 Å². The lowest BCUT2D eigenvalue weighted by Gasteiger charge is -2.19. The van der Waals surface area contributed by atoms with Gasteiger partial charge in [0, 0.05) is 17.8 Å². The van der Waals surface area contributed by atoms with Crippen molar-refractivity contribution in [2.75, 3.05) is 25.1 Å². The minimum Gasteiger partial charge on any atom is -0.486 e. The van der Waals surface area contributed by atoms with Crippen molar-refractivity contribution in [3.63, 3.8) is 0 Å². The molecule has 2 N–H and O–H groups in total. The zero-order valence-electron chi connectivity index (χ0n) is 19.3. The summed E-state index contributed by atoms with van der Waals surface area (Å²) in [6.45, 7) is 4.76. The SMILES string of the molecule is CC(C)n1ncc2c(C(=O)NCC(=O)Nc3cccnc3)cc(-c3ccc4c(c3)OCCO4)nc21. The number of pyridine rings is 2.